The topological polar surface area (TPSA) is 87.3 Å². The molecule has 1 amide bonds. The zero-order valence-electron chi connectivity index (χ0n) is 15.0. The van der Waals surface area contributed by atoms with Gasteiger partial charge in [-0.15, -0.1) is 5.10 Å². The van der Waals surface area contributed by atoms with Crippen molar-refractivity contribution in [2.24, 2.45) is 0 Å². The second-order valence-electron chi connectivity index (χ2n) is 7.17. The van der Waals surface area contributed by atoms with E-state index in [0.29, 0.717) is 43.7 Å². The second kappa shape index (κ2) is 6.34. The maximum absolute atomic E-state index is 14.9. The zero-order valence-corrected chi connectivity index (χ0v) is 15.0. The molecule has 0 spiro atoms. The molecule has 9 heteroatoms. The highest BCUT2D eigenvalue weighted by Crippen LogP contribution is 2.41. The third-order valence-electron chi connectivity index (χ3n) is 5.60. The third-order valence-corrected chi connectivity index (χ3v) is 5.60. The molecule has 0 aliphatic carbocycles. The Morgan fingerprint density at radius 3 is 3.00 bits per heavy atom. The Balaban J connectivity index is 1.44. The van der Waals surface area contributed by atoms with Gasteiger partial charge >= 0.3 is 6.09 Å². The largest absolute Gasteiger partial charge is 0.442 e. The molecule has 0 saturated carbocycles. The minimum atomic E-state index is -0.456. The lowest BCUT2D eigenvalue weighted by atomic mass is 9.95. The van der Waals surface area contributed by atoms with Gasteiger partial charge in [0.1, 0.15) is 11.9 Å². The minimum absolute atomic E-state index is 0.184. The number of carbonyl (C=O) groups is 1. The lowest BCUT2D eigenvalue weighted by molar-refractivity contribution is 0.117. The Labute approximate surface area is 160 Å². The van der Waals surface area contributed by atoms with E-state index in [2.05, 4.69) is 16.5 Å². The normalized spacial score (nSPS) is 23.1. The van der Waals surface area contributed by atoms with Crippen LogP contribution < -0.4 is 4.90 Å². The average molecular weight is 380 g/mol. The number of benzene rings is 1. The van der Waals surface area contributed by atoms with Gasteiger partial charge in [0, 0.05) is 24.8 Å². The standard InChI is InChI=1S/C19H17FN6O2/c20-15-9-16-13(7-14(15)12-1-4-24(11-21)5-2-12)8-17-18(28-19(27)26(16)17)10-25-6-3-22-23-25/h1,3,6-7,9,17-18H,2,4-5,8,10H2/t17-,18-/m0/s1. The number of halogens is 1. The summed E-state index contributed by atoms with van der Waals surface area (Å²) >= 11 is 0. The third kappa shape index (κ3) is 2.60. The molecule has 142 valence electrons. The Bertz CT molecular complexity index is 1010. The van der Waals surface area contributed by atoms with E-state index < -0.39 is 6.09 Å². The molecule has 0 bridgehead atoms. The summed E-state index contributed by atoms with van der Waals surface area (Å²) in [4.78, 5) is 15.6. The molecular weight excluding hydrogens is 363 g/mol. The zero-order chi connectivity index (χ0) is 19.3. The number of amides is 1. The number of nitrogens with zero attached hydrogens (tertiary/aromatic N) is 6. The van der Waals surface area contributed by atoms with Gasteiger partial charge in [-0.3, -0.25) is 4.90 Å². The van der Waals surface area contributed by atoms with Crippen molar-refractivity contribution in [2.45, 2.75) is 31.5 Å². The summed E-state index contributed by atoms with van der Waals surface area (Å²) in [6, 6.07) is 3.09. The van der Waals surface area contributed by atoms with Gasteiger partial charge in [-0.1, -0.05) is 11.3 Å². The van der Waals surface area contributed by atoms with Crippen molar-refractivity contribution in [3.05, 3.63) is 47.5 Å². The number of aromatic nitrogens is 3. The van der Waals surface area contributed by atoms with E-state index in [1.807, 2.05) is 12.1 Å². The van der Waals surface area contributed by atoms with Crippen LogP contribution in [0.1, 0.15) is 17.5 Å². The molecule has 0 unspecified atom stereocenters. The summed E-state index contributed by atoms with van der Waals surface area (Å²) in [5.74, 6) is -0.358. The number of cyclic esters (lactones) is 1. The molecule has 1 aromatic heterocycles. The predicted molar refractivity (Wildman–Crippen MR) is 96.4 cm³/mol. The van der Waals surface area contributed by atoms with Crippen molar-refractivity contribution >= 4 is 17.4 Å². The summed E-state index contributed by atoms with van der Waals surface area (Å²) in [7, 11) is 0. The van der Waals surface area contributed by atoms with Gasteiger partial charge in [0.2, 0.25) is 0 Å². The first-order valence-corrected chi connectivity index (χ1v) is 9.14. The first-order valence-electron chi connectivity index (χ1n) is 9.14. The molecule has 3 aliphatic rings. The van der Waals surface area contributed by atoms with E-state index in [1.54, 1.807) is 26.9 Å². The number of rotatable bonds is 3. The Kier molecular flexibility index (Phi) is 3.79. The molecule has 5 rings (SSSR count). The summed E-state index contributed by atoms with van der Waals surface area (Å²) in [5.41, 5.74) is 2.97. The van der Waals surface area contributed by atoms with Gasteiger partial charge in [0.25, 0.3) is 0 Å². The van der Waals surface area contributed by atoms with E-state index in [9.17, 15) is 9.18 Å². The summed E-state index contributed by atoms with van der Waals surface area (Å²) in [5, 5.41) is 16.7. The van der Waals surface area contributed by atoms with Crippen molar-refractivity contribution in [1.82, 2.24) is 19.9 Å². The van der Waals surface area contributed by atoms with Crippen LogP contribution in [0, 0.1) is 17.3 Å². The molecule has 8 nitrogen and oxygen atoms in total. The van der Waals surface area contributed by atoms with Gasteiger partial charge in [-0.2, -0.15) is 5.26 Å². The quantitative estimate of drug-likeness (QED) is 0.757. The van der Waals surface area contributed by atoms with E-state index in [0.717, 1.165) is 11.1 Å². The van der Waals surface area contributed by atoms with Crippen LogP contribution in [0.15, 0.2) is 30.6 Å². The van der Waals surface area contributed by atoms with Crippen molar-refractivity contribution in [2.75, 3.05) is 18.0 Å². The monoisotopic (exact) mass is 380 g/mol. The number of ether oxygens (including phenoxy) is 1. The van der Waals surface area contributed by atoms with E-state index in [4.69, 9.17) is 10.00 Å². The molecule has 28 heavy (non-hydrogen) atoms. The fourth-order valence-corrected chi connectivity index (χ4v) is 4.21. The SMILES string of the molecule is N#CN1CC=C(c2cc3c(cc2F)N2C(=O)O[C@@H](Cn4ccnn4)[C@@H]2C3)CC1. The van der Waals surface area contributed by atoms with E-state index in [-0.39, 0.29) is 18.0 Å². The van der Waals surface area contributed by atoms with Gasteiger partial charge in [0.15, 0.2) is 6.19 Å². The summed E-state index contributed by atoms with van der Waals surface area (Å²) in [6.07, 6.45) is 7.70. The molecule has 2 aromatic rings. The van der Waals surface area contributed by atoms with Crippen LogP contribution in [0.3, 0.4) is 0 Å². The molecule has 4 heterocycles. The highest BCUT2D eigenvalue weighted by molar-refractivity contribution is 5.94. The Hall–Kier alpha value is -3.41. The number of hydrogen-bond donors (Lipinski definition) is 0. The van der Waals surface area contributed by atoms with Gasteiger partial charge in [-0.25, -0.2) is 13.9 Å². The number of fused-ring (bicyclic) bond motifs is 3. The van der Waals surface area contributed by atoms with Crippen LogP contribution in [-0.4, -0.2) is 51.2 Å². The Morgan fingerprint density at radius 1 is 1.39 bits per heavy atom. The van der Waals surface area contributed by atoms with Crippen LogP contribution in [-0.2, 0) is 17.7 Å². The Morgan fingerprint density at radius 2 is 2.29 bits per heavy atom. The van der Waals surface area contributed by atoms with Gasteiger partial charge in [-0.05, 0) is 36.1 Å². The lowest BCUT2D eigenvalue weighted by Gasteiger charge is -2.22. The van der Waals surface area contributed by atoms with Crippen molar-refractivity contribution in [3.63, 3.8) is 0 Å². The molecule has 2 atom stereocenters. The molecular formula is C19H17FN6O2. The molecule has 1 aromatic carbocycles. The number of anilines is 1. The fourth-order valence-electron chi connectivity index (χ4n) is 4.21. The number of nitriles is 1. The molecule has 3 aliphatic heterocycles. The highest BCUT2D eigenvalue weighted by atomic mass is 19.1. The van der Waals surface area contributed by atoms with Crippen molar-refractivity contribution in [3.8, 4) is 6.19 Å². The smallest absolute Gasteiger partial charge is 0.415 e. The summed E-state index contributed by atoms with van der Waals surface area (Å²) < 4.78 is 22.0. The molecule has 0 N–H and O–H groups in total. The number of hydrogen-bond acceptors (Lipinski definition) is 6. The van der Waals surface area contributed by atoms with Crippen molar-refractivity contribution in [1.29, 1.82) is 5.26 Å². The van der Waals surface area contributed by atoms with Crippen LogP contribution >= 0.6 is 0 Å². The minimum Gasteiger partial charge on any atom is -0.442 e. The van der Waals surface area contributed by atoms with Gasteiger partial charge < -0.3 is 9.64 Å². The molecule has 0 radical (unpaired) electrons. The van der Waals surface area contributed by atoms with Gasteiger partial charge in [0.05, 0.1) is 24.5 Å². The highest BCUT2D eigenvalue weighted by Gasteiger charge is 2.48. The average Bonchev–Trinajstić information content (AvgIpc) is 3.40. The van der Waals surface area contributed by atoms with E-state index in [1.165, 1.54) is 6.07 Å². The van der Waals surface area contributed by atoms with Crippen LogP contribution in [0.2, 0.25) is 0 Å². The molecule has 1 saturated heterocycles. The lowest BCUT2D eigenvalue weighted by Crippen LogP contribution is -2.35. The molecule has 1 fully saturated rings. The maximum Gasteiger partial charge on any atom is 0.415 e. The van der Waals surface area contributed by atoms with Crippen LogP contribution in [0.4, 0.5) is 14.9 Å². The van der Waals surface area contributed by atoms with Crippen LogP contribution in [0.5, 0.6) is 0 Å². The number of carbonyl (C=O) groups excluding carboxylic acids is 1. The second-order valence-corrected chi connectivity index (χ2v) is 7.17. The first kappa shape index (κ1) is 16.7. The summed E-state index contributed by atoms with van der Waals surface area (Å²) in [6.45, 7) is 1.48. The van der Waals surface area contributed by atoms with Crippen molar-refractivity contribution < 1.29 is 13.9 Å². The fraction of sp³-hybridized carbons (Fsp3) is 0.368. The van der Waals surface area contributed by atoms with E-state index >= 15 is 0 Å². The maximum atomic E-state index is 14.9. The van der Waals surface area contributed by atoms with Crippen LogP contribution in [0.25, 0.3) is 5.57 Å². The predicted octanol–water partition coefficient (Wildman–Crippen LogP) is 1.94. The first-order chi connectivity index (χ1) is 13.6.